The zero-order valence-electron chi connectivity index (χ0n) is 12.7. The van der Waals surface area contributed by atoms with Gasteiger partial charge in [0, 0.05) is 36.3 Å². The van der Waals surface area contributed by atoms with Crippen molar-refractivity contribution in [3.63, 3.8) is 0 Å². The van der Waals surface area contributed by atoms with Crippen molar-refractivity contribution in [2.45, 2.75) is 6.42 Å². The molecule has 0 spiro atoms. The van der Waals surface area contributed by atoms with E-state index >= 15 is 0 Å². The van der Waals surface area contributed by atoms with Crippen LogP contribution >= 0.6 is 11.3 Å². The van der Waals surface area contributed by atoms with Gasteiger partial charge in [0.15, 0.2) is 0 Å². The number of thiazole rings is 1. The number of fused-ring (bicyclic) bond motifs is 1. The van der Waals surface area contributed by atoms with E-state index in [0.717, 1.165) is 16.3 Å². The SMILES string of the molecule is O=C1c2ccccc2C(=O)N1CCc1csc(-c2cccnc2)n1. The molecule has 24 heavy (non-hydrogen) atoms. The molecule has 0 saturated heterocycles. The molecule has 0 N–H and O–H groups in total. The van der Waals surface area contributed by atoms with Crippen LogP contribution in [0.25, 0.3) is 10.6 Å². The molecule has 0 aliphatic carbocycles. The molecule has 0 radical (unpaired) electrons. The number of nitrogens with zero attached hydrogens (tertiary/aromatic N) is 3. The Kier molecular flexibility index (Phi) is 3.66. The molecule has 3 heterocycles. The van der Waals surface area contributed by atoms with Gasteiger partial charge in [-0.2, -0.15) is 0 Å². The van der Waals surface area contributed by atoms with Crippen LogP contribution in [0, 0.1) is 0 Å². The molecule has 0 atom stereocenters. The van der Waals surface area contributed by atoms with Crippen molar-refractivity contribution in [1.29, 1.82) is 0 Å². The molecule has 1 aromatic carbocycles. The van der Waals surface area contributed by atoms with Crippen molar-refractivity contribution in [3.8, 4) is 10.6 Å². The number of aromatic nitrogens is 2. The third-order valence-electron chi connectivity index (χ3n) is 3.93. The Hall–Kier alpha value is -2.86. The van der Waals surface area contributed by atoms with Crippen LogP contribution in [0.2, 0.25) is 0 Å². The van der Waals surface area contributed by atoms with Crippen LogP contribution < -0.4 is 0 Å². The van der Waals surface area contributed by atoms with E-state index in [1.165, 1.54) is 16.2 Å². The monoisotopic (exact) mass is 335 g/mol. The average Bonchev–Trinajstić information content (AvgIpc) is 3.19. The third kappa shape index (κ3) is 2.51. The minimum absolute atomic E-state index is 0.224. The lowest BCUT2D eigenvalue weighted by Crippen LogP contribution is -2.31. The highest BCUT2D eigenvalue weighted by molar-refractivity contribution is 7.13. The summed E-state index contributed by atoms with van der Waals surface area (Å²) in [4.78, 5) is 34.6. The van der Waals surface area contributed by atoms with Gasteiger partial charge in [0.25, 0.3) is 11.8 Å². The fourth-order valence-corrected chi connectivity index (χ4v) is 3.56. The predicted octanol–water partition coefficient (Wildman–Crippen LogP) is 3.04. The molecule has 6 heteroatoms. The van der Waals surface area contributed by atoms with Gasteiger partial charge in [0.05, 0.1) is 16.8 Å². The zero-order chi connectivity index (χ0) is 16.5. The van der Waals surface area contributed by atoms with Crippen LogP contribution in [0.3, 0.4) is 0 Å². The molecular formula is C18H13N3O2S. The van der Waals surface area contributed by atoms with E-state index in [0.29, 0.717) is 24.1 Å². The van der Waals surface area contributed by atoms with Gasteiger partial charge in [-0.05, 0) is 24.3 Å². The molecule has 4 rings (SSSR count). The van der Waals surface area contributed by atoms with Crippen LogP contribution in [0.15, 0.2) is 54.2 Å². The maximum atomic E-state index is 12.3. The summed E-state index contributed by atoms with van der Waals surface area (Å²) in [6.45, 7) is 0.336. The summed E-state index contributed by atoms with van der Waals surface area (Å²) in [7, 11) is 0. The highest BCUT2D eigenvalue weighted by atomic mass is 32.1. The molecule has 118 valence electrons. The van der Waals surface area contributed by atoms with Crippen LogP contribution in [0.1, 0.15) is 26.4 Å². The first-order chi connectivity index (χ1) is 11.7. The molecule has 2 amide bonds. The summed E-state index contributed by atoms with van der Waals surface area (Å²) >= 11 is 1.53. The van der Waals surface area contributed by atoms with Gasteiger partial charge in [0.2, 0.25) is 0 Å². The number of rotatable bonds is 4. The van der Waals surface area contributed by atoms with Gasteiger partial charge >= 0.3 is 0 Å². The number of amides is 2. The molecule has 5 nitrogen and oxygen atoms in total. The molecule has 0 fully saturated rings. The number of imide groups is 1. The molecule has 1 aliphatic rings. The average molecular weight is 335 g/mol. The summed E-state index contributed by atoms with van der Waals surface area (Å²) in [6, 6.07) is 10.8. The second-order valence-electron chi connectivity index (χ2n) is 5.44. The van der Waals surface area contributed by atoms with E-state index < -0.39 is 0 Å². The lowest BCUT2D eigenvalue weighted by Gasteiger charge is -2.12. The lowest BCUT2D eigenvalue weighted by atomic mass is 10.1. The Morgan fingerprint density at radius 3 is 2.42 bits per heavy atom. The standard InChI is InChI=1S/C18H13N3O2S/c22-17-14-5-1-2-6-15(14)18(23)21(17)9-7-13-11-24-16(20-13)12-4-3-8-19-10-12/h1-6,8,10-11H,7,9H2. The maximum Gasteiger partial charge on any atom is 0.261 e. The second kappa shape index (κ2) is 5.98. The minimum atomic E-state index is -0.224. The molecule has 2 aromatic heterocycles. The molecule has 0 bridgehead atoms. The van der Waals surface area contributed by atoms with Gasteiger partial charge in [-0.15, -0.1) is 11.3 Å². The van der Waals surface area contributed by atoms with Gasteiger partial charge in [-0.3, -0.25) is 19.5 Å². The molecule has 0 unspecified atom stereocenters. The van der Waals surface area contributed by atoms with E-state index in [9.17, 15) is 9.59 Å². The number of hydrogen-bond donors (Lipinski definition) is 0. The van der Waals surface area contributed by atoms with Crippen molar-refractivity contribution < 1.29 is 9.59 Å². The quantitative estimate of drug-likeness (QED) is 0.688. The predicted molar refractivity (Wildman–Crippen MR) is 90.9 cm³/mol. The van der Waals surface area contributed by atoms with Crippen molar-refractivity contribution in [3.05, 3.63) is 71.0 Å². The molecular weight excluding hydrogens is 322 g/mol. The normalized spacial score (nSPS) is 13.4. The highest BCUT2D eigenvalue weighted by Crippen LogP contribution is 2.25. The van der Waals surface area contributed by atoms with Gasteiger partial charge < -0.3 is 0 Å². The van der Waals surface area contributed by atoms with E-state index in [1.807, 2.05) is 17.5 Å². The first-order valence-corrected chi connectivity index (χ1v) is 8.42. The fraction of sp³-hybridized carbons (Fsp3) is 0.111. The van der Waals surface area contributed by atoms with Crippen molar-refractivity contribution in [2.24, 2.45) is 0 Å². The first-order valence-electron chi connectivity index (χ1n) is 7.54. The Morgan fingerprint density at radius 2 is 1.75 bits per heavy atom. The van der Waals surface area contributed by atoms with E-state index in [1.54, 1.807) is 36.7 Å². The van der Waals surface area contributed by atoms with Crippen molar-refractivity contribution >= 4 is 23.2 Å². The van der Waals surface area contributed by atoms with E-state index in [-0.39, 0.29) is 11.8 Å². The first kappa shape index (κ1) is 14.7. The van der Waals surface area contributed by atoms with E-state index in [4.69, 9.17) is 0 Å². The number of carbonyl (C=O) groups is 2. The number of benzene rings is 1. The minimum Gasteiger partial charge on any atom is -0.274 e. The van der Waals surface area contributed by atoms with E-state index in [2.05, 4.69) is 9.97 Å². The molecule has 3 aromatic rings. The summed E-state index contributed by atoms with van der Waals surface area (Å²) < 4.78 is 0. The fourth-order valence-electron chi connectivity index (χ4n) is 2.71. The second-order valence-corrected chi connectivity index (χ2v) is 6.30. The highest BCUT2D eigenvalue weighted by Gasteiger charge is 2.34. The zero-order valence-corrected chi connectivity index (χ0v) is 13.5. The number of pyridine rings is 1. The largest absolute Gasteiger partial charge is 0.274 e. The van der Waals surface area contributed by atoms with Gasteiger partial charge in [-0.1, -0.05) is 12.1 Å². The summed E-state index contributed by atoms with van der Waals surface area (Å²) in [5.41, 5.74) is 2.80. The number of carbonyl (C=O) groups excluding carboxylic acids is 2. The summed E-state index contributed by atoms with van der Waals surface area (Å²) in [6.07, 6.45) is 4.04. The topological polar surface area (TPSA) is 63.2 Å². The molecule has 1 aliphatic heterocycles. The van der Waals surface area contributed by atoms with Crippen LogP contribution in [-0.4, -0.2) is 33.2 Å². The smallest absolute Gasteiger partial charge is 0.261 e. The third-order valence-corrected chi connectivity index (χ3v) is 4.87. The van der Waals surface area contributed by atoms with Gasteiger partial charge in [0.1, 0.15) is 5.01 Å². The van der Waals surface area contributed by atoms with Crippen molar-refractivity contribution in [1.82, 2.24) is 14.9 Å². The van der Waals surface area contributed by atoms with Gasteiger partial charge in [-0.25, -0.2) is 4.98 Å². The van der Waals surface area contributed by atoms with Crippen LogP contribution in [0.5, 0.6) is 0 Å². The lowest BCUT2D eigenvalue weighted by molar-refractivity contribution is 0.0656. The number of hydrogen-bond acceptors (Lipinski definition) is 5. The summed E-state index contributed by atoms with van der Waals surface area (Å²) in [5, 5.41) is 2.85. The Balaban J connectivity index is 1.48. The maximum absolute atomic E-state index is 12.3. The van der Waals surface area contributed by atoms with Crippen molar-refractivity contribution in [2.75, 3.05) is 6.54 Å². The Labute approximate surface area is 142 Å². The molecule has 0 saturated carbocycles. The summed E-state index contributed by atoms with van der Waals surface area (Å²) in [5.74, 6) is -0.448. The van der Waals surface area contributed by atoms with Crippen LogP contribution in [-0.2, 0) is 6.42 Å². The Morgan fingerprint density at radius 1 is 1.00 bits per heavy atom. The van der Waals surface area contributed by atoms with Crippen LogP contribution in [0.4, 0.5) is 0 Å². The Bertz CT molecular complexity index is 886.